The van der Waals surface area contributed by atoms with Crippen molar-refractivity contribution < 1.29 is 14.6 Å². The molecule has 0 aliphatic heterocycles. The summed E-state index contributed by atoms with van der Waals surface area (Å²) in [5.41, 5.74) is 0. The first-order valence-electron chi connectivity index (χ1n) is 4.30. The Morgan fingerprint density at radius 2 is 2.17 bits per heavy atom. The van der Waals surface area contributed by atoms with E-state index in [0.717, 1.165) is 25.7 Å². The summed E-state index contributed by atoms with van der Waals surface area (Å²) in [7, 11) is 0. The van der Waals surface area contributed by atoms with Gasteiger partial charge in [0.15, 0.2) is 0 Å². The summed E-state index contributed by atoms with van der Waals surface area (Å²) in [5.74, 6) is 0.576. The second kappa shape index (κ2) is 6.70. The molecule has 0 aromatic heterocycles. The van der Waals surface area contributed by atoms with Crippen LogP contribution >= 0.6 is 0 Å². The van der Waals surface area contributed by atoms with Crippen molar-refractivity contribution in [3.05, 3.63) is 11.8 Å². The highest BCUT2D eigenvalue weighted by molar-refractivity contribution is 5.58. The lowest BCUT2D eigenvalue weighted by Gasteiger charge is -2.03. The number of hydrogen-bond acceptors (Lipinski definition) is 2. The third-order valence-electron chi connectivity index (χ3n) is 1.43. The second-order valence-corrected chi connectivity index (χ2v) is 2.55. The molecule has 0 bridgehead atoms. The van der Waals surface area contributed by atoms with Crippen molar-refractivity contribution in [2.45, 2.75) is 39.5 Å². The molecule has 0 aliphatic rings. The van der Waals surface area contributed by atoms with Crippen molar-refractivity contribution in [1.29, 1.82) is 0 Å². The Morgan fingerprint density at radius 1 is 1.50 bits per heavy atom. The van der Waals surface area contributed by atoms with Crippen LogP contribution < -0.4 is 0 Å². The van der Waals surface area contributed by atoms with E-state index in [1.165, 1.54) is 0 Å². The van der Waals surface area contributed by atoms with Crippen LogP contribution in [-0.4, -0.2) is 11.3 Å². The standard InChI is InChI=1S/C9H16O3/c1-3-5-7-8(6-4-2)12-9(10)11/h6H,3-5,7H2,1-2H3,(H,10,11). The zero-order valence-corrected chi connectivity index (χ0v) is 7.67. The average Bonchev–Trinajstić information content (AvgIpc) is 2.00. The molecule has 0 spiro atoms. The third kappa shape index (κ3) is 5.77. The number of ether oxygens (including phenoxy) is 1. The van der Waals surface area contributed by atoms with E-state index in [9.17, 15) is 4.79 Å². The lowest BCUT2D eigenvalue weighted by Crippen LogP contribution is -2.00. The van der Waals surface area contributed by atoms with Crippen LogP contribution in [0.2, 0.25) is 0 Å². The van der Waals surface area contributed by atoms with Gasteiger partial charge in [-0.15, -0.1) is 0 Å². The molecule has 3 heteroatoms. The summed E-state index contributed by atoms with van der Waals surface area (Å²) in [6, 6.07) is 0. The molecule has 12 heavy (non-hydrogen) atoms. The largest absolute Gasteiger partial charge is 0.511 e. The maximum Gasteiger partial charge on any atom is 0.511 e. The molecule has 0 saturated heterocycles. The van der Waals surface area contributed by atoms with Crippen LogP contribution in [0.5, 0.6) is 0 Å². The first kappa shape index (κ1) is 11.0. The Labute approximate surface area is 73.0 Å². The van der Waals surface area contributed by atoms with E-state index in [-0.39, 0.29) is 0 Å². The predicted octanol–water partition coefficient (Wildman–Crippen LogP) is 3.17. The van der Waals surface area contributed by atoms with Gasteiger partial charge in [0.25, 0.3) is 0 Å². The van der Waals surface area contributed by atoms with Gasteiger partial charge in [-0.2, -0.15) is 0 Å². The minimum Gasteiger partial charge on any atom is -0.449 e. The van der Waals surface area contributed by atoms with Crippen molar-refractivity contribution in [1.82, 2.24) is 0 Å². The molecule has 0 aromatic carbocycles. The molecule has 1 N–H and O–H groups in total. The van der Waals surface area contributed by atoms with Crippen LogP contribution in [0.3, 0.4) is 0 Å². The molecular formula is C9H16O3. The fourth-order valence-corrected chi connectivity index (χ4v) is 0.886. The van der Waals surface area contributed by atoms with E-state index < -0.39 is 6.16 Å². The first-order chi connectivity index (χ1) is 5.70. The van der Waals surface area contributed by atoms with Crippen molar-refractivity contribution >= 4 is 6.16 Å². The first-order valence-corrected chi connectivity index (χ1v) is 4.30. The fraction of sp³-hybridized carbons (Fsp3) is 0.667. The summed E-state index contributed by atoms with van der Waals surface area (Å²) in [6.07, 6.45) is 4.14. The normalized spacial score (nSPS) is 11.3. The molecule has 70 valence electrons. The van der Waals surface area contributed by atoms with Crippen LogP contribution in [0.15, 0.2) is 11.8 Å². The van der Waals surface area contributed by atoms with E-state index in [0.29, 0.717) is 5.76 Å². The molecule has 0 saturated carbocycles. The molecule has 0 unspecified atom stereocenters. The summed E-state index contributed by atoms with van der Waals surface area (Å²) >= 11 is 0. The van der Waals surface area contributed by atoms with Gasteiger partial charge in [-0.25, -0.2) is 4.79 Å². The summed E-state index contributed by atoms with van der Waals surface area (Å²) < 4.78 is 4.57. The lowest BCUT2D eigenvalue weighted by atomic mass is 10.2. The van der Waals surface area contributed by atoms with Crippen LogP contribution in [0, 0.1) is 0 Å². The molecule has 3 nitrogen and oxygen atoms in total. The van der Waals surface area contributed by atoms with Crippen LogP contribution in [0.4, 0.5) is 4.79 Å². The van der Waals surface area contributed by atoms with Gasteiger partial charge in [-0.3, -0.25) is 0 Å². The number of rotatable bonds is 5. The Bertz CT molecular complexity index is 161. The Balaban J connectivity index is 3.87. The average molecular weight is 172 g/mol. The molecule has 0 heterocycles. The van der Waals surface area contributed by atoms with Crippen molar-refractivity contribution in [3.8, 4) is 0 Å². The SMILES string of the molecule is CCC=C(CCCC)OC(=O)O. The third-order valence-corrected chi connectivity index (χ3v) is 1.43. The van der Waals surface area contributed by atoms with Gasteiger partial charge in [-0.05, 0) is 18.9 Å². The van der Waals surface area contributed by atoms with Crippen molar-refractivity contribution in [3.63, 3.8) is 0 Å². The molecule has 0 aliphatic carbocycles. The smallest absolute Gasteiger partial charge is 0.449 e. The lowest BCUT2D eigenvalue weighted by molar-refractivity contribution is 0.115. The minimum absolute atomic E-state index is 0.576. The highest BCUT2D eigenvalue weighted by Gasteiger charge is 2.02. The Morgan fingerprint density at radius 3 is 2.58 bits per heavy atom. The van der Waals surface area contributed by atoms with E-state index in [1.54, 1.807) is 0 Å². The molecule has 0 aromatic rings. The van der Waals surface area contributed by atoms with Crippen molar-refractivity contribution in [2.24, 2.45) is 0 Å². The Hall–Kier alpha value is -0.990. The van der Waals surface area contributed by atoms with E-state index in [4.69, 9.17) is 5.11 Å². The van der Waals surface area contributed by atoms with E-state index in [1.807, 2.05) is 13.0 Å². The van der Waals surface area contributed by atoms with Gasteiger partial charge < -0.3 is 9.84 Å². The maximum absolute atomic E-state index is 10.2. The number of unbranched alkanes of at least 4 members (excludes halogenated alkanes) is 1. The van der Waals surface area contributed by atoms with Crippen molar-refractivity contribution in [2.75, 3.05) is 0 Å². The molecule has 0 atom stereocenters. The molecular weight excluding hydrogens is 156 g/mol. The monoisotopic (exact) mass is 172 g/mol. The van der Waals surface area contributed by atoms with Gasteiger partial charge in [-0.1, -0.05) is 20.3 Å². The number of hydrogen-bond donors (Lipinski definition) is 1. The van der Waals surface area contributed by atoms with Gasteiger partial charge in [0.05, 0.1) is 0 Å². The fourth-order valence-electron chi connectivity index (χ4n) is 0.886. The summed E-state index contributed by atoms with van der Waals surface area (Å²) in [5, 5.41) is 8.35. The highest BCUT2D eigenvalue weighted by Crippen LogP contribution is 2.09. The zero-order valence-electron chi connectivity index (χ0n) is 7.67. The predicted molar refractivity (Wildman–Crippen MR) is 47.0 cm³/mol. The van der Waals surface area contributed by atoms with E-state index in [2.05, 4.69) is 11.7 Å². The second-order valence-electron chi connectivity index (χ2n) is 2.55. The maximum atomic E-state index is 10.2. The zero-order chi connectivity index (χ0) is 9.40. The quantitative estimate of drug-likeness (QED) is 0.511. The molecule has 0 radical (unpaired) electrons. The Kier molecular flexibility index (Phi) is 6.15. The van der Waals surface area contributed by atoms with Crippen LogP contribution in [0.1, 0.15) is 39.5 Å². The van der Waals surface area contributed by atoms with Crippen LogP contribution in [-0.2, 0) is 4.74 Å². The minimum atomic E-state index is -1.22. The highest BCUT2D eigenvalue weighted by atomic mass is 16.7. The molecule has 0 fully saturated rings. The van der Waals surface area contributed by atoms with Gasteiger partial charge in [0, 0.05) is 6.42 Å². The molecule has 0 amide bonds. The number of carbonyl (C=O) groups is 1. The van der Waals surface area contributed by atoms with Gasteiger partial charge in [0.1, 0.15) is 5.76 Å². The number of allylic oxidation sites excluding steroid dienone is 2. The topological polar surface area (TPSA) is 46.5 Å². The summed E-state index contributed by atoms with van der Waals surface area (Å²) in [4.78, 5) is 10.2. The molecule has 0 rings (SSSR count). The summed E-state index contributed by atoms with van der Waals surface area (Å²) in [6.45, 7) is 4.02. The van der Waals surface area contributed by atoms with Gasteiger partial charge >= 0.3 is 6.16 Å². The van der Waals surface area contributed by atoms with E-state index >= 15 is 0 Å². The van der Waals surface area contributed by atoms with Crippen LogP contribution in [0.25, 0.3) is 0 Å². The number of carboxylic acid groups (broad SMARTS) is 1. The van der Waals surface area contributed by atoms with Gasteiger partial charge in [0.2, 0.25) is 0 Å².